The van der Waals surface area contributed by atoms with Crippen LogP contribution in [0, 0.1) is 11.7 Å². The number of nitrogen functional groups attached to an aromatic ring is 1. The van der Waals surface area contributed by atoms with Gasteiger partial charge in [0.25, 0.3) is 15.9 Å². The second kappa shape index (κ2) is 9.38. The minimum Gasteiger partial charge on any atom is -0.494 e. The lowest BCUT2D eigenvalue weighted by molar-refractivity contribution is 0.0981. The maximum atomic E-state index is 15.0. The maximum Gasteiger partial charge on any atom is 0.268 e. The van der Waals surface area contributed by atoms with Gasteiger partial charge >= 0.3 is 0 Å². The second-order valence-electron chi connectivity index (χ2n) is 9.44. The van der Waals surface area contributed by atoms with E-state index >= 15 is 4.39 Å². The van der Waals surface area contributed by atoms with E-state index in [0.29, 0.717) is 12.5 Å². The highest BCUT2D eigenvalue weighted by molar-refractivity contribution is 7.90. The molecule has 0 radical (unpaired) electrons. The van der Waals surface area contributed by atoms with Gasteiger partial charge in [-0.05, 0) is 62.6 Å². The van der Waals surface area contributed by atoms with Gasteiger partial charge in [0.2, 0.25) is 0 Å². The van der Waals surface area contributed by atoms with Crippen molar-refractivity contribution in [2.24, 2.45) is 5.92 Å². The predicted octanol–water partition coefficient (Wildman–Crippen LogP) is 3.62. The molecule has 1 aliphatic rings. The Labute approximate surface area is 209 Å². The number of amides is 1. The number of carbonyl (C=O) groups is 1. The van der Waals surface area contributed by atoms with E-state index in [1.54, 1.807) is 12.1 Å². The van der Waals surface area contributed by atoms with Gasteiger partial charge in [0.05, 0.1) is 18.4 Å². The Balaban J connectivity index is 1.81. The molecule has 36 heavy (non-hydrogen) atoms. The summed E-state index contributed by atoms with van der Waals surface area (Å²) < 4.78 is 48.0. The van der Waals surface area contributed by atoms with Crippen LogP contribution in [-0.2, 0) is 10.0 Å². The molecule has 0 unspecified atom stereocenters. The van der Waals surface area contributed by atoms with Gasteiger partial charge in [0, 0.05) is 23.8 Å². The first-order valence-electron chi connectivity index (χ1n) is 11.3. The summed E-state index contributed by atoms with van der Waals surface area (Å²) in [5.74, 6) is -1.07. The molecule has 3 aromatic rings. The zero-order valence-electron chi connectivity index (χ0n) is 20.4. The minimum atomic E-state index is -4.31. The first-order valence-corrected chi connectivity index (χ1v) is 12.8. The van der Waals surface area contributed by atoms with Crippen molar-refractivity contribution in [3.63, 3.8) is 0 Å². The molecule has 3 N–H and O–H groups in total. The van der Waals surface area contributed by atoms with E-state index in [9.17, 15) is 13.2 Å². The molecule has 1 atom stereocenters. The molecule has 1 fully saturated rings. The van der Waals surface area contributed by atoms with Crippen LogP contribution in [0.5, 0.6) is 5.75 Å². The Kier molecular flexibility index (Phi) is 6.61. The standard InChI is InChI=1S/C25H28FN5O4S/c1-15-13-25(2,3)31(14-15)23-17(24(32)30-36(33,34)20-9-6-12-28-22(20)27)10-11-18(29-23)16-7-5-8-19(35-4)21(16)26/h5-12,15H,13-14H2,1-4H3,(H2,27,28)(H,30,32)/t15-/m0/s1. The number of methoxy groups -OCH3 is 1. The van der Waals surface area contributed by atoms with E-state index in [1.807, 2.05) is 18.7 Å². The van der Waals surface area contributed by atoms with E-state index in [0.717, 1.165) is 6.42 Å². The van der Waals surface area contributed by atoms with Crippen molar-refractivity contribution in [2.75, 3.05) is 24.3 Å². The summed E-state index contributed by atoms with van der Waals surface area (Å²) in [7, 11) is -2.93. The third-order valence-corrected chi connectivity index (χ3v) is 7.60. The molecule has 0 spiro atoms. The molecule has 4 rings (SSSR count). The van der Waals surface area contributed by atoms with Gasteiger partial charge < -0.3 is 15.4 Å². The summed E-state index contributed by atoms with van der Waals surface area (Å²) in [6.07, 6.45) is 2.18. The van der Waals surface area contributed by atoms with E-state index in [-0.39, 0.29) is 44.6 Å². The summed E-state index contributed by atoms with van der Waals surface area (Å²) in [5.41, 5.74) is 5.86. The van der Waals surface area contributed by atoms with Crippen molar-refractivity contribution in [2.45, 2.75) is 37.6 Å². The van der Waals surface area contributed by atoms with Crippen molar-refractivity contribution in [3.05, 3.63) is 60.0 Å². The average Bonchev–Trinajstić information content (AvgIpc) is 3.10. The normalized spacial score (nSPS) is 17.1. The summed E-state index contributed by atoms with van der Waals surface area (Å²) in [6, 6.07) is 10.3. The molecule has 1 amide bonds. The third kappa shape index (κ3) is 4.70. The van der Waals surface area contributed by atoms with Crippen molar-refractivity contribution in [1.29, 1.82) is 0 Å². The lowest BCUT2D eigenvalue weighted by Crippen LogP contribution is -2.41. The molecule has 0 saturated carbocycles. The SMILES string of the molecule is COc1cccc(-c2ccc(C(=O)NS(=O)(=O)c3cccnc3N)c(N3C[C@@H](C)CC3(C)C)n2)c1F. The molecule has 3 heterocycles. The van der Waals surface area contributed by atoms with Crippen molar-refractivity contribution >= 4 is 27.6 Å². The van der Waals surface area contributed by atoms with E-state index in [4.69, 9.17) is 10.5 Å². The van der Waals surface area contributed by atoms with Gasteiger partial charge in [-0.1, -0.05) is 13.0 Å². The number of sulfonamides is 1. The fraction of sp³-hybridized carbons (Fsp3) is 0.320. The number of anilines is 2. The van der Waals surface area contributed by atoms with E-state index < -0.39 is 21.7 Å². The zero-order chi connectivity index (χ0) is 26.3. The summed E-state index contributed by atoms with van der Waals surface area (Å²) >= 11 is 0. The Morgan fingerprint density at radius 2 is 1.97 bits per heavy atom. The number of ether oxygens (including phenoxy) is 1. The highest BCUT2D eigenvalue weighted by Gasteiger charge is 2.39. The predicted molar refractivity (Wildman–Crippen MR) is 135 cm³/mol. The van der Waals surface area contributed by atoms with E-state index in [1.165, 1.54) is 43.6 Å². The van der Waals surface area contributed by atoms with Gasteiger partial charge in [-0.3, -0.25) is 4.79 Å². The van der Waals surface area contributed by atoms with Crippen LogP contribution in [0.25, 0.3) is 11.3 Å². The number of aromatic nitrogens is 2. The molecular formula is C25H28FN5O4S. The van der Waals surface area contributed by atoms with Crippen LogP contribution in [-0.4, -0.2) is 43.5 Å². The van der Waals surface area contributed by atoms with E-state index in [2.05, 4.69) is 21.6 Å². The van der Waals surface area contributed by atoms with Gasteiger partial charge in [0.15, 0.2) is 11.6 Å². The number of rotatable bonds is 6. The van der Waals surface area contributed by atoms with Crippen molar-refractivity contribution < 1.29 is 22.3 Å². The lowest BCUT2D eigenvalue weighted by atomic mass is 9.97. The number of benzene rings is 1. The number of nitrogens with zero attached hydrogens (tertiary/aromatic N) is 3. The van der Waals surface area contributed by atoms with Crippen LogP contribution in [0.15, 0.2) is 53.6 Å². The lowest BCUT2D eigenvalue weighted by Gasteiger charge is -2.34. The van der Waals surface area contributed by atoms with Crippen LogP contribution in [0.2, 0.25) is 0 Å². The highest BCUT2D eigenvalue weighted by Crippen LogP contribution is 2.39. The molecular weight excluding hydrogens is 485 g/mol. The summed E-state index contributed by atoms with van der Waals surface area (Å²) in [4.78, 5) is 23.4. The second-order valence-corrected chi connectivity index (χ2v) is 11.1. The molecule has 1 aromatic carbocycles. The average molecular weight is 514 g/mol. The molecule has 0 bridgehead atoms. The Morgan fingerprint density at radius 3 is 2.61 bits per heavy atom. The van der Waals surface area contributed by atoms with Gasteiger partial charge in [-0.15, -0.1) is 0 Å². The molecule has 0 aliphatic carbocycles. The molecule has 190 valence electrons. The molecule has 9 nitrogen and oxygen atoms in total. The monoisotopic (exact) mass is 513 g/mol. The summed E-state index contributed by atoms with van der Waals surface area (Å²) in [5, 5.41) is 0. The smallest absolute Gasteiger partial charge is 0.268 e. The van der Waals surface area contributed by atoms with Crippen LogP contribution in [0.1, 0.15) is 37.6 Å². The first kappa shape index (κ1) is 25.4. The molecule has 11 heteroatoms. The van der Waals surface area contributed by atoms with Gasteiger partial charge in [-0.25, -0.2) is 27.5 Å². The quantitative estimate of drug-likeness (QED) is 0.512. The Hall–Kier alpha value is -3.73. The summed E-state index contributed by atoms with van der Waals surface area (Å²) in [6.45, 7) is 6.72. The fourth-order valence-electron chi connectivity index (χ4n) is 4.67. The third-order valence-electron chi connectivity index (χ3n) is 6.22. The molecule has 1 saturated heterocycles. The number of hydrogen-bond acceptors (Lipinski definition) is 8. The number of nitrogens with two attached hydrogens (primary N) is 1. The van der Waals surface area contributed by atoms with Crippen LogP contribution >= 0.6 is 0 Å². The maximum absolute atomic E-state index is 15.0. The number of carbonyl (C=O) groups excluding carboxylic acids is 1. The fourth-order valence-corrected chi connectivity index (χ4v) is 5.72. The zero-order valence-corrected chi connectivity index (χ0v) is 21.3. The number of pyridine rings is 2. The van der Waals surface area contributed by atoms with Gasteiger partial charge in [-0.2, -0.15) is 0 Å². The number of halogens is 1. The Morgan fingerprint density at radius 1 is 1.22 bits per heavy atom. The highest BCUT2D eigenvalue weighted by atomic mass is 32.2. The van der Waals surface area contributed by atoms with Crippen LogP contribution in [0.3, 0.4) is 0 Å². The number of nitrogens with one attached hydrogen (secondary N) is 1. The topological polar surface area (TPSA) is 128 Å². The number of hydrogen-bond donors (Lipinski definition) is 2. The largest absolute Gasteiger partial charge is 0.494 e. The van der Waals surface area contributed by atoms with Crippen LogP contribution < -0.4 is 20.1 Å². The first-order chi connectivity index (χ1) is 16.9. The van der Waals surface area contributed by atoms with Crippen molar-refractivity contribution in [3.8, 4) is 17.0 Å². The van der Waals surface area contributed by atoms with Crippen LogP contribution in [0.4, 0.5) is 16.0 Å². The Bertz CT molecular complexity index is 1430. The van der Waals surface area contributed by atoms with Gasteiger partial charge in [0.1, 0.15) is 16.5 Å². The van der Waals surface area contributed by atoms with Crippen molar-refractivity contribution in [1.82, 2.24) is 14.7 Å². The molecule has 1 aliphatic heterocycles. The minimum absolute atomic E-state index is 0.0373. The molecule has 2 aromatic heterocycles.